The van der Waals surface area contributed by atoms with Crippen molar-refractivity contribution in [2.75, 3.05) is 66.0 Å². The fraction of sp³-hybridized carbons (Fsp3) is 0.560. The average Bonchev–Trinajstić information content (AvgIpc) is 3.31. The Morgan fingerprint density at radius 2 is 1.97 bits per heavy atom. The second-order valence-corrected chi connectivity index (χ2v) is 11.4. The monoisotopic (exact) mass is 530 g/mol. The van der Waals surface area contributed by atoms with E-state index in [2.05, 4.69) is 35.7 Å². The zero-order chi connectivity index (χ0) is 24.6. The number of benzene rings is 1. The third-order valence-corrected chi connectivity index (χ3v) is 8.00. The number of nitrogens with one attached hydrogen (secondary N) is 1. The van der Waals surface area contributed by atoms with E-state index in [0.29, 0.717) is 5.58 Å². The molecule has 0 radical (unpaired) electrons. The molecule has 3 heterocycles. The average molecular weight is 532 g/mol. The molecule has 1 aliphatic heterocycles. The molecule has 1 saturated heterocycles. The molecule has 1 N–H and O–H groups in total. The maximum absolute atomic E-state index is 11.8. The number of rotatable bonds is 4. The van der Waals surface area contributed by atoms with Crippen molar-refractivity contribution < 1.29 is 25.8 Å². The van der Waals surface area contributed by atoms with Crippen molar-refractivity contribution in [2.24, 2.45) is 0 Å². The van der Waals surface area contributed by atoms with Crippen molar-refractivity contribution in [1.29, 1.82) is 0 Å². The van der Waals surface area contributed by atoms with Crippen LogP contribution in [0.25, 0.3) is 22.2 Å². The second kappa shape index (κ2) is 12.7. The standard InChI is InChI=1S/C25H36N7O2.Zn/c1-20-17-25(33)34-24-18-21(5-6-22(20)24)23-19-32(29-28-23)16-15-31-12-4-8-26-9-13-30(2)11-3-7-27-10-14-31;/h5-6,17-19,27H,3-4,7-16H2,1-2H3;/q-1;+2. The fourth-order valence-corrected chi connectivity index (χ4v) is 5.26. The summed E-state index contributed by atoms with van der Waals surface area (Å²) >= 11 is 1.23. The van der Waals surface area contributed by atoms with Gasteiger partial charge in [-0.05, 0) is 12.5 Å². The molecule has 184 valence electrons. The van der Waals surface area contributed by atoms with Gasteiger partial charge in [-0.2, -0.15) is 0 Å². The van der Waals surface area contributed by atoms with Crippen LogP contribution in [0.2, 0.25) is 0 Å². The van der Waals surface area contributed by atoms with Gasteiger partial charge in [0, 0.05) is 11.5 Å². The van der Waals surface area contributed by atoms with E-state index in [9.17, 15) is 4.79 Å². The maximum atomic E-state index is 11.8. The van der Waals surface area contributed by atoms with Gasteiger partial charge in [0.05, 0.1) is 0 Å². The molecule has 0 aliphatic carbocycles. The Labute approximate surface area is 216 Å². The summed E-state index contributed by atoms with van der Waals surface area (Å²) in [6.45, 7) is 12.5. The van der Waals surface area contributed by atoms with Crippen LogP contribution in [0, 0.1) is 6.92 Å². The molecule has 0 bridgehead atoms. The van der Waals surface area contributed by atoms with E-state index >= 15 is 0 Å². The normalized spacial score (nSPS) is 18.1. The molecule has 35 heavy (non-hydrogen) atoms. The van der Waals surface area contributed by atoms with Crippen LogP contribution in [0.3, 0.4) is 0 Å². The molecular weight excluding hydrogens is 496 g/mol. The van der Waals surface area contributed by atoms with Gasteiger partial charge in [-0.15, -0.1) is 0 Å². The van der Waals surface area contributed by atoms with E-state index in [1.807, 2.05) is 36.0 Å². The van der Waals surface area contributed by atoms with Gasteiger partial charge >= 0.3 is 172 Å². The third kappa shape index (κ3) is 7.68. The number of nitrogens with zero attached hydrogens (tertiary/aromatic N) is 6. The summed E-state index contributed by atoms with van der Waals surface area (Å²) < 4.78 is 9.88. The van der Waals surface area contributed by atoms with Crippen LogP contribution in [-0.2, 0) is 24.7 Å². The van der Waals surface area contributed by atoms with Crippen molar-refractivity contribution in [3.05, 3.63) is 46.4 Å². The molecule has 9 nitrogen and oxygen atoms in total. The van der Waals surface area contributed by atoms with Gasteiger partial charge in [0.2, 0.25) is 0 Å². The molecule has 2 aromatic heterocycles. The zero-order valence-corrected chi connectivity index (χ0v) is 24.0. The van der Waals surface area contributed by atoms with Gasteiger partial charge in [0.15, 0.2) is 0 Å². The first-order chi connectivity index (χ1) is 17.0. The summed E-state index contributed by atoms with van der Waals surface area (Å²) in [4.78, 5) is 16.7. The molecule has 3 aromatic rings. The molecular formula is C25H36N7O2Zn+. The molecule has 0 atom stereocenters. The van der Waals surface area contributed by atoms with E-state index in [1.165, 1.54) is 50.1 Å². The van der Waals surface area contributed by atoms with Crippen molar-refractivity contribution in [3.63, 3.8) is 0 Å². The van der Waals surface area contributed by atoms with Crippen LogP contribution in [0.5, 0.6) is 0 Å². The first-order valence-corrected chi connectivity index (χ1v) is 13.9. The summed E-state index contributed by atoms with van der Waals surface area (Å²) in [7, 11) is 2.23. The van der Waals surface area contributed by atoms with Crippen LogP contribution in [0.15, 0.2) is 39.7 Å². The van der Waals surface area contributed by atoms with Crippen molar-refractivity contribution in [3.8, 4) is 11.3 Å². The van der Waals surface area contributed by atoms with Gasteiger partial charge in [0.25, 0.3) is 0 Å². The summed E-state index contributed by atoms with van der Waals surface area (Å²) in [6, 6.07) is 7.39. The molecule has 0 saturated carbocycles. The van der Waals surface area contributed by atoms with Gasteiger partial charge in [-0.3, -0.25) is 0 Å². The Kier molecular flexibility index (Phi) is 9.43. The topological polar surface area (TPSA) is 82.4 Å². The fourth-order valence-electron chi connectivity index (χ4n) is 4.49. The van der Waals surface area contributed by atoms with Gasteiger partial charge < -0.3 is 4.42 Å². The number of likely N-dealkylation sites (N-methyl/N-ethyl adjacent to an activating group) is 1. The predicted molar refractivity (Wildman–Crippen MR) is 132 cm³/mol. The third-order valence-electron chi connectivity index (χ3n) is 6.68. The van der Waals surface area contributed by atoms with Gasteiger partial charge in [-0.1, -0.05) is 6.07 Å². The minimum absolute atomic E-state index is 0.330. The predicted octanol–water partition coefficient (Wildman–Crippen LogP) is 1.72. The summed E-state index contributed by atoms with van der Waals surface area (Å²) in [5.74, 6) is 0. The Bertz CT molecular complexity index is 1190. The first kappa shape index (κ1) is 26.0. The van der Waals surface area contributed by atoms with Crippen LogP contribution >= 0.6 is 0 Å². The number of hydrogen-bond acceptors (Lipinski definition) is 7. The quantitative estimate of drug-likeness (QED) is 0.405. The minimum atomic E-state index is -0.330. The van der Waals surface area contributed by atoms with Crippen LogP contribution in [0.1, 0.15) is 18.4 Å². The molecule has 0 unspecified atom stereocenters. The molecule has 10 heteroatoms. The molecule has 4 rings (SSSR count). The smallest absolute Gasteiger partial charge is 0.0503 e. The van der Waals surface area contributed by atoms with Crippen LogP contribution < -0.4 is 10.9 Å². The second-order valence-electron chi connectivity index (χ2n) is 9.55. The summed E-state index contributed by atoms with van der Waals surface area (Å²) in [5.41, 5.74) is 2.86. The van der Waals surface area contributed by atoms with E-state index in [4.69, 9.17) is 4.42 Å². The first-order valence-electron chi connectivity index (χ1n) is 12.6. The van der Waals surface area contributed by atoms with Gasteiger partial charge in [0.1, 0.15) is 5.58 Å². The molecule has 1 aliphatic rings. The Morgan fingerprint density at radius 1 is 1.09 bits per heavy atom. The molecule has 1 fully saturated rings. The number of fused-ring (bicyclic) bond motifs is 1. The zero-order valence-electron chi connectivity index (χ0n) is 21.1. The summed E-state index contributed by atoms with van der Waals surface area (Å²) in [6.07, 6.45) is 4.36. The summed E-state index contributed by atoms with van der Waals surface area (Å²) in [5, 5.41) is 13.3. The van der Waals surface area contributed by atoms with Crippen LogP contribution in [0.4, 0.5) is 0 Å². The number of aromatic nitrogens is 3. The van der Waals surface area contributed by atoms with E-state index in [0.717, 1.165) is 74.6 Å². The SMILES string of the molecule is Cc1cc(=O)oc2cc(-c3cn(CCN4CCC[N+](=[Zn])CCN(C)CCCNCC4)nn3)ccc12. The van der Waals surface area contributed by atoms with E-state index in [-0.39, 0.29) is 5.63 Å². The van der Waals surface area contributed by atoms with Crippen LogP contribution in [-0.4, -0.2) is 94.0 Å². The van der Waals surface area contributed by atoms with E-state index < -0.39 is 0 Å². The Hall–Kier alpha value is -2.13. The molecule has 0 spiro atoms. The molecule has 0 amide bonds. The minimum Gasteiger partial charge on any atom is -0.0503 e. The van der Waals surface area contributed by atoms with E-state index in [1.54, 1.807) is 0 Å². The van der Waals surface area contributed by atoms with Crippen molar-refractivity contribution in [1.82, 2.24) is 30.1 Å². The van der Waals surface area contributed by atoms with Gasteiger partial charge in [-0.25, -0.2) is 4.79 Å². The Morgan fingerprint density at radius 3 is 2.86 bits per heavy atom. The van der Waals surface area contributed by atoms with Crippen molar-refractivity contribution >= 4 is 11.0 Å². The van der Waals surface area contributed by atoms with Crippen molar-refractivity contribution in [2.45, 2.75) is 26.3 Å². The number of hydrogen-bond donors (Lipinski definition) is 1. The molecule has 1 aromatic carbocycles. The number of aryl methyl sites for hydroxylation is 1. The Balaban J connectivity index is 1.36.